The summed E-state index contributed by atoms with van der Waals surface area (Å²) in [4.78, 5) is 29.8. The Morgan fingerprint density at radius 2 is 1.92 bits per heavy atom. The van der Waals surface area contributed by atoms with E-state index in [1.165, 1.54) is 11.8 Å². The highest BCUT2D eigenvalue weighted by atomic mass is 35.5. The van der Waals surface area contributed by atoms with Gasteiger partial charge in [-0.2, -0.15) is 10.1 Å². The molecule has 0 spiro atoms. The number of amidine groups is 1. The van der Waals surface area contributed by atoms with Gasteiger partial charge in [-0.05, 0) is 42.3 Å². The van der Waals surface area contributed by atoms with Crippen LogP contribution < -0.4 is 10.1 Å². The van der Waals surface area contributed by atoms with Gasteiger partial charge in [0.2, 0.25) is 5.91 Å². The second-order valence-corrected chi connectivity index (χ2v) is 10.5. The van der Waals surface area contributed by atoms with Crippen molar-refractivity contribution in [3.05, 3.63) is 94.5 Å². The van der Waals surface area contributed by atoms with Crippen LogP contribution in [0.4, 0.5) is 5.69 Å². The van der Waals surface area contributed by atoms with Crippen LogP contribution in [-0.4, -0.2) is 40.1 Å². The number of amides is 2. The van der Waals surface area contributed by atoms with Crippen molar-refractivity contribution >= 4 is 51.7 Å². The molecule has 2 aliphatic heterocycles. The van der Waals surface area contributed by atoms with Crippen molar-refractivity contribution in [2.24, 2.45) is 10.1 Å². The maximum atomic E-state index is 12.8. The normalized spacial score (nSPS) is 19.0. The van der Waals surface area contributed by atoms with Crippen molar-refractivity contribution < 1.29 is 14.3 Å². The average Bonchev–Trinajstić information content (AvgIpc) is 3.48. The van der Waals surface area contributed by atoms with E-state index in [1.54, 1.807) is 31.4 Å². The van der Waals surface area contributed by atoms with Gasteiger partial charge in [0.15, 0.2) is 5.17 Å². The lowest BCUT2D eigenvalue weighted by Crippen LogP contribution is -2.25. The number of carbonyl (C=O) groups excluding carboxylic acids is 2. The lowest BCUT2D eigenvalue weighted by Gasteiger charge is -2.23. The van der Waals surface area contributed by atoms with Crippen LogP contribution in [0, 0.1) is 6.92 Å². The molecule has 0 aliphatic carbocycles. The van der Waals surface area contributed by atoms with Gasteiger partial charge < -0.3 is 10.1 Å². The Kier molecular flexibility index (Phi) is 7.30. The first kappa shape index (κ1) is 25.0. The van der Waals surface area contributed by atoms with Gasteiger partial charge >= 0.3 is 0 Å². The van der Waals surface area contributed by atoms with Crippen LogP contribution in [0.25, 0.3) is 0 Å². The SMILES string of the molecule is COc1cccc(NC(=O)CC2SC(N3N=C(c4ccc(Cl)cc4)CC3c3cccc(C)c3)=NC2=O)c1. The molecule has 0 aromatic heterocycles. The minimum atomic E-state index is -0.617. The van der Waals surface area contributed by atoms with Crippen LogP contribution in [0.3, 0.4) is 0 Å². The van der Waals surface area contributed by atoms with Gasteiger partial charge in [0.1, 0.15) is 11.0 Å². The van der Waals surface area contributed by atoms with Crippen LogP contribution in [0.2, 0.25) is 5.02 Å². The van der Waals surface area contributed by atoms with Crippen LogP contribution in [0.1, 0.15) is 35.6 Å². The number of rotatable bonds is 6. The van der Waals surface area contributed by atoms with E-state index in [0.29, 0.717) is 28.0 Å². The minimum Gasteiger partial charge on any atom is -0.497 e. The van der Waals surface area contributed by atoms with E-state index in [1.807, 2.05) is 48.3 Å². The van der Waals surface area contributed by atoms with Crippen molar-refractivity contribution in [2.45, 2.75) is 31.1 Å². The third-order valence-corrected chi connectivity index (χ3v) is 7.56. The maximum Gasteiger partial charge on any atom is 0.262 e. The van der Waals surface area contributed by atoms with Crippen molar-refractivity contribution in [1.82, 2.24) is 5.01 Å². The summed E-state index contributed by atoms with van der Waals surface area (Å²) < 4.78 is 5.21. The van der Waals surface area contributed by atoms with Gasteiger partial charge in [-0.1, -0.05) is 71.4 Å². The molecule has 3 aromatic rings. The molecule has 0 saturated heterocycles. The number of benzene rings is 3. The number of carbonyl (C=O) groups is 2. The highest BCUT2D eigenvalue weighted by Crippen LogP contribution is 2.39. The fourth-order valence-electron chi connectivity index (χ4n) is 4.33. The van der Waals surface area contributed by atoms with Gasteiger partial charge in [0, 0.05) is 29.6 Å². The summed E-state index contributed by atoms with van der Waals surface area (Å²) in [6, 6.07) is 22.8. The number of hydrazone groups is 1. The van der Waals surface area contributed by atoms with Crippen LogP contribution in [-0.2, 0) is 9.59 Å². The number of ether oxygens (including phenoxy) is 1. The molecule has 2 aliphatic rings. The van der Waals surface area contributed by atoms with E-state index in [9.17, 15) is 9.59 Å². The molecule has 188 valence electrons. The van der Waals surface area contributed by atoms with E-state index >= 15 is 0 Å². The summed E-state index contributed by atoms with van der Waals surface area (Å²) in [6.45, 7) is 2.05. The molecule has 7 nitrogen and oxygen atoms in total. The molecule has 2 heterocycles. The summed E-state index contributed by atoms with van der Waals surface area (Å²) in [5.41, 5.74) is 4.69. The fraction of sp³-hybridized carbons (Fsp3) is 0.214. The van der Waals surface area contributed by atoms with E-state index in [0.717, 1.165) is 22.4 Å². The number of nitrogens with one attached hydrogen (secondary N) is 1. The van der Waals surface area contributed by atoms with Crippen molar-refractivity contribution in [3.63, 3.8) is 0 Å². The molecule has 9 heteroatoms. The van der Waals surface area contributed by atoms with Crippen molar-refractivity contribution in [2.75, 3.05) is 12.4 Å². The van der Waals surface area contributed by atoms with Crippen LogP contribution in [0.15, 0.2) is 82.9 Å². The summed E-state index contributed by atoms with van der Waals surface area (Å²) in [5, 5.41) is 10.1. The largest absolute Gasteiger partial charge is 0.497 e. The molecular formula is C28H25ClN4O3S. The molecule has 0 fully saturated rings. The number of aliphatic imine (C=N–C) groups is 1. The monoisotopic (exact) mass is 532 g/mol. The number of nitrogens with zero attached hydrogens (tertiary/aromatic N) is 3. The predicted molar refractivity (Wildman–Crippen MR) is 148 cm³/mol. The van der Waals surface area contributed by atoms with Gasteiger partial charge in [-0.15, -0.1) is 0 Å². The second-order valence-electron chi connectivity index (χ2n) is 8.86. The quantitative estimate of drug-likeness (QED) is 0.431. The molecular weight excluding hydrogens is 508 g/mol. The summed E-state index contributed by atoms with van der Waals surface area (Å²) in [7, 11) is 1.57. The lowest BCUT2D eigenvalue weighted by molar-refractivity contribution is -0.121. The Morgan fingerprint density at radius 1 is 1.14 bits per heavy atom. The van der Waals surface area contributed by atoms with Gasteiger partial charge in [0.25, 0.3) is 5.91 Å². The van der Waals surface area contributed by atoms with E-state index in [2.05, 4.69) is 22.4 Å². The summed E-state index contributed by atoms with van der Waals surface area (Å²) in [5.74, 6) is 0.0387. The topological polar surface area (TPSA) is 83.4 Å². The third-order valence-electron chi connectivity index (χ3n) is 6.16. The Morgan fingerprint density at radius 3 is 2.68 bits per heavy atom. The zero-order chi connectivity index (χ0) is 25.9. The summed E-state index contributed by atoms with van der Waals surface area (Å²) in [6.07, 6.45) is 0.657. The zero-order valence-electron chi connectivity index (χ0n) is 20.3. The van der Waals surface area contributed by atoms with Crippen molar-refractivity contribution in [3.8, 4) is 5.75 Å². The smallest absolute Gasteiger partial charge is 0.262 e. The zero-order valence-corrected chi connectivity index (χ0v) is 21.9. The molecule has 3 aromatic carbocycles. The molecule has 0 radical (unpaired) electrons. The van der Waals surface area contributed by atoms with Gasteiger partial charge in [-0.3, -0.25) is 9.59 Å². The van der Waals surface area contributed by atoms with Gasteiger partial charge in [-0.25, -0.2) is 5.01 Å². The molecule has 0 bridgehead atoms. The maximum absolute atomic E-state index is 12.8. The molecule has 2 unspecified atom stereocenters. The highest BCUT2D eigenvalue weighted by Gasteiger charge is 2.39. The molecule has 37 heavy (non-hydrogen) atoms. The molecule has 1 N–H and O–H groups in total. The molecule has 2 amide bonds. The number of halogens is 1. The highest BCUT2D eigenvalue weighted by molar-refractivity contribution is 8.15. The van der Waals surface area contributed by atoms with Crippen molar-refractivity contribution in [1.29, 1.82) is 0 Å². The first-order valence-corrected chi connectivity index (χ1v) is 13.1. The first-order chi connectivity index (χ1) is 17.9. The minimum absolute atomic E-state index is 0.00438. The van der Waals surface area contributed by atoms with Crippen LogP contribution >= 0.6 is 23.4 Å². The Balaban J connectivity index is 1.34. The predicted octanol–water partition coefficient (Wildman–Crippen LogP) is 5.83. The third kappa shape index (κ3) is 5.70. The number of hydrogen-bond donors (Lipinski definition) is 1. The van der Waals surface area contributed by atoms with E-state index in [-0.39, 0.29) is 24.3 Å². The van der Waals surface area contributed by atoms with Gasteiger partial charge in [0.05, 0.1) is 18.9 Å². The second kappa shape index (κ2) is 10.8. The number of anilines is 1. The van der Waals surface area contributed by atoms with E-state index < -0.39 is 5.25 Å². The molecule has 2 atom stereocenters. The molecule has 0 saturated carbocycles. The molecule has 5 rings (SSSR count). The fourth-order valence-corrected chi connectivity index (χ4v) is 5.51. The summed E-state index contributed by atoms with van der Waals surface area (Å²) >= 11 is 7.36. The number of methoxy groups -OCH3 is 1. The Hall–Kier alpha value is -3.62. The lowest BCUT2D eigenvalue weighted by atomic mass is 9.97. The standard InChI is InChI=1S/C28H25ClN4O3S/c1-17-5-3-6-19(13-17)24-15-23(18-9-11-20(29)12-10-18)32-33(24)28-31-27(35)25(37-28)16-26(34)30-21-7-4-8-22(14-21)36-2/h3-14,24-25H,15-16H2,1-2H3,(H,30,34). The average molecular weight is 533 g/mol. The van der Waals surface area contributed by atoms with E-state index in [4.69, 9.17) is 21.4 Å². The van der Waals surface area contributed by atoms with Crippen LogP contribution in [0.5, 0.6) is 5.75 Å². The first-order valence-electron chi connectivity index (χ1n) is 11.8. The Labute approximate surface area is 224 Å². The number of hydrogen-bond acceptors (Lipinski definition) is 6. The Bertz CT molecular complexity index is 1410. The number of thioether (sulfide) groups is 1. The number of aryl methyl sites for hydroxylation is 1.